The average molecular weight is 239 g/mol. The Hall–Kier alpha value is -0.610. The molecule has 0 bridgehead atoms. The van der Waals surface area contributed by atoms with E-state index in [1.54, 1.807) is 6.92 Å². The Morgan fingerprint density at radius 3 is 2.41 bits per heavy atom. The van der Waals surface area contributed by atoms with Crippen molar-refractivity contribution in [2.24, 2.45) is 0 Å². The number of rotatable bonds is 1. The molecule has 2 aliphatic rings. The van der Waals surface area contributed by atoms with Gasteiger partial charge in [0.2, 0.25) is 5.91 Å². The van der Waals surface area contributed by atoms with Crippen molar-refractivity contribution >= 4 is 5.91 Å². The van der Waals surface area contributed by atoms with Gasteiger partial charge in [-0.3, -0.25) is 9.69 Å². The predicted octanol–water partition coefficient (Wildman–Crippen LogP) is 0.681. The van der Waals surface area contributed by atoms with Crippen LogP contribution in [0, 0.1) is 0 Å². The Balaban J connectivity index is 1.98. The van der Waals surface area contributed by atoms with E-state index < -0.39 is 0 Å². The summed E-state index contributed by atoms with van der Waals surface area (Å²) in [6, 6.07) is 0.655. The van der Waals surface area contributed by atoms with E-state index in [-0.39, 0.29) is 11.4 Å². The van der Waals surface area contributed by atoms with E-state index in [1.165, 1.54) is 0 Å². The van der Waals surface area contributed by atoms with Crippen LogP contribution in [0.25, 0.3) is 0 Å². The van der Waals surface area contributed by atoms with Crippen LogP contribution in [0.4, 0.5) is 0 Å². The van der Waals surface area contributed by atoms with Crippen molar-refractivity contribution in [3.63, 3.8) is 0 Å². The summed E-state index contributed by atoms with van der Waals surface area (Å²) in [4.78, 5) is 16.2. The molecule has 2 fully saturated rings. The first-order chi connectivity index (χ1) is 8.00. The number of piperazine rings is 1. The molecule has 0 aromatic rings. The second-order valence-electron chi connectivity index (χ2n) is 5.92. The molecule has 0 aromatic heterocycles. The van der Waals surface area contributed by atoms with Crippen LogP contribution in [-0.4, -0.2) is 60.0 Å². The molecule has 0 aromatic carbocycles. The fraction of sp³-hybridized carbons (Fsp3) is 0.923. The maximum atomic E-state index is 11.6. The number of piperidine rings is 1. The van der Waals surface area contributed by atoms with Crippen molar-refractivity contribution in [2.75, 3.05) is 32.7 Å². The van der Waals surface area contributed by atoms with E-state index in [1.807, 2.05) is 4.90 Å². The first kappa shape index (κ1) is 12.8. The smallest absolute Gasteiger partial charge is 0.219 e. The van der Waals surface area contributed by atoms with Gasteiger partial charge in [0.1, 0.15) is 0 Å². The van der Waals surface area contributed by atoms with Crippen LogP contribution in [0.2, 0.25) is 0 Å². The zero-order valence-corrected chi connectivity index (χ0v) is 11.3. The first-order valence-electron chi connectivity index (χ1n) is 6.74. The van der Waals surface area contributed by atoms with Crippen molar-refractivity contribution in [3.05, 3.63) is 0 Å². The number of amides is 1. The maximum absolute atomic E-state index is 11.6. The van der Waals surface area contributed by atoms with Gasteiger partial charge in [0.15, 0.2) is 0 Å². The van der Waals surface area contributed by atoms with Crippen molar-refractivity contribution in [2.45, 2.75) is 45.2 Å². The molecule has 2 aliphatic heterocycles. The lowest BCUT2D eigenvalue weighted by Crippen LogP contribution is -2.59. The summed E-state index contributed by atoms with van der Waals surface area (Å²) in [7, 11) is 0. The summed E-state index contributed by atoms with van der Waals surface area (Å²) in [5, 5.41) is 3.40. The summed E-state index contributed by atoms with van der Waals surface area (Å²) in [6.07, 6.45) is 2.23. The number of nitrogens with zero attached hydrogens (tertiary/aromatic N) is 2. The Morgan fingerprint density at radius 1 is 1.24 bits per heavy atom. The Labute approximate surface area is 104 Å². The van der Waals surface area contributed by atoms with Gasteiger partial charge >= 0.3 is 0 Å². The van der Waals surface area contributed by atoms with E-state index >= 15 is 0 Å². The quantitative estimate of drug-likeness (QED) is 0.731. The number of carbonyl (C=O) groups excluding carboxylic acids is 1. The van der Waals surface area contributed by atoms with Crippen LogP contribution in [0.5, 0.6) is 0 Å². The van der Waals surface area contributed by atoms with Gasteiger partial charge in [-0.15, -0.1) is 0 Å². The number of carbonyl (C=O) groups is 1. The second kappa shape index (κ2) is 4.94. The third-order valence-corrected chi connectivity index (χ3v) is 4.20. The van der Waals surface area contributed by atoms with Crippen LogP contribution in [-0.2, 0) is 4.79 Å². The van der Waals surface area contributed by atoms with Gasteiger partial charge in [-0.05, 0) is 26.7 Å². The van der Waals surface area contributed by atoms with Gasteiger partial charge in [0.05, 0.1) is 0 Å². The molecule has 1 amide bonds. The van der Waals surface area contributed by atoms with Gasteiger partial charge in [-0.25, -0.2) is 0 Å². The highest BCUT2D eigenvalue weighted by Crippen LogP contribution is 2.30. The topological polar surface area (TPSA) is 35.6 Å². The number of likely N-dealkylation sites (tertiary alicyclic amines) is 1. The Bertz CT molecular complexity index is 284. The first-order valence-corrected chi connectivity index (χ1v) is 6.74. The molecule has 0 saturated carbocycles. The van der Waals surface area contributed by atoms with Gasteiger partial charge in [-0.1, -0.05) is 0 Å². The lowest BCUT2D eigenvalue weighted by atomic mass is 9.86. The van der Waals surface area contributed by atoms with Crippen molar-refractivity contribution in [3.8, 4) is 0 Å². The van der Waals surface area contributed by atoms with Gasteiger partial charge in [0.25, 0.3) is 0 Å². The number of hydrogen-bond donors (Lipinski definition) is 1. The standard InChI is InChI=1S/C13H25N3O/c1-11(17)16-7-4-12(10-13(16,2)3)15-8-5-14-6-9-15/h12,14H,4-10H2,1-3H3. The van der Waals surface area contributed by atoms with Crippen LogP contribution >= 0.6 is 0 Å². The zero-order valence-electron chi connectivity index (χ0n) is 11.3. The Morgan fingerprint density at radius 2 is 1.88 bits per heavy atom. The third-order valence-electron chi connectivity index (χ3n) is 4.20. The molecular formula is C13H25N3O. The highest BCUT2D eigenvalue weighted by molar-refractivity contribution is 5.74. The molecule has 0 aliphatic carbocycles. The van der Waals surface area contributed by atoms with Crippen LogP contribution < -0.4 is 5.32 Å². The molecule has 98 valence electrons. The summed E-state index contributed by atoms with van der Waals surface area (Å²) < 4.78 is 0. The van der Waals surface area contributed by atoms with E-state index in [9.17, 15) is 4.79 Å². The van der Waals surface area contributed by atoms with E-state index in [2.05, 4.69) is 24.1 Å². The summed E-state index contributed by atoms with van der Waals surface area (Å²) in [5.41, 5.74) is 0.0135. The monoisotopic (exact) mass is 239 g/mol. The Kier molecular flexibility index (Phi) is 3.73. The summed E-state index contributed by atoms with van der Waals surface area (Å²) >= 11 is 0. The summed E-state index contributed by atoms with van der Waals surface area (Å²) in [5.74, 6) is 0.216. The number of hydrogen-bond acceptors (Lipinski definition) is 3. The molecule has 0 spiro atoms. The van der Waals surface area contributed by atoms with E-state index in [0.29, 0.717) is 6.04 Å². The molecule has 1 N–H and O–H groups in total. The lowest BCUT2D eigenvalue weighted by molar-refractivity contribution is -0.137. The fourth-order valence-electron chi connectivity index (χ4n) is 3.31. The molecule has 2 heterocycles. The SMILES string of the molecule is CC(=O)N1CCC(N2CCNCC2)CC1(C)C. The molecule has 2 saturated heterocycles. The third kappa shape index (κ3) is 2.80. The molecule has 1 unspecified atom stereocenters. The molecule has 1 atom stereocenters. The van der Waals surface area contributed by atoms with Gasteiger partial charge in [-0.2, -0.15) is 0 Å². The van der Waals surface area contributed by atoms with Crippen LogP contribution in [0.15, 0.2) is 0 Å². The molecule has 4 heteroatoms. The maximum Gasteiger partial charge on any atom is 0.219 e. The van der Waals surface area contributed by atoms with Crippen molar-refractivity contribution in [1.82, 2.24) is 15.1 Å². The minimum atomic E-state index is 0.0135. The highest BCUT2D eigenvalue weighted by atomic mass is 16.2. The van der Waals surface area contributed by atoms with Crippen LogP contribution in [0.3, 0.4) is 0 Å². The zero-order chi connectivity index (χ0) is 12.5. The number of nitrogens with one attached hydrogen (secondary N) is 1. The largest absolute Gasteiger partial charge is 0.338 e. The highest BCUT2D eigenvalue weighted by Gasteiger charge is 2.38. The molecule has 0 radical (unpaired) electrons. The van der Waals surface area contributed by atoms with Crippen molar-refractivity contribution < 1.29 is 4.79 Å². The lowest BCUT2D eigenvalue weighted by Gasteiger charge is -2.49. The minimum Gasteiger partial charge on any atom is -0.338 e. The molecule has 2 rings (SSSR count). The normalized spacial score (nSPS) is 30.3. The van der Waals surface area contributed by atoms with E-state index in [0.717, 1.165) is 45.6 Å². The van der Waals surface area contributed by atoms with Crippen LogP contribution in [0.1, 0.15) is 33.6 Å². The predicted molar refractivity (Wildman–Crippen MR) is 68.9 cm³/mol. The molecule has 4 nitrogen and oxygen atoms in total. The molecular weight excluding hydrogens is 214 g/mol. The fourth-order valence-corrected chi connectivity index (χ4v) is 3.31. The van der Waals surface area contributed by atoms with Gasteiger partial charge in [0, 0.05) is 51.2 Å². The van der Waals surface area contributed by atoms with E-state index in [4.69, 9.17) is 0 Å². The second-order valence-corrected chi connectivity index (χ2v) is 5.92. The van der Waals surface area contributed by atoms with Gasteiger partial charge < -0.3 is 10.2 Å². The minimum absolute atomic E-state index is 0.0135. The average Bonchev–Trinajstić information content (AvgIpc) is 2.28. The van der Waals surface area contributed by atoms with Crippen molar-refractivity contribution in [1.29, 1.82) is 0 Å². The summed E-state index contributed by atoms with van der Waals surface area (Å²) in [6.45, 7) is 11.5. The molecule has 17 heavy (non-hydrogen) atoms.